The molecule has 1 N–H and O–H groups in total. The van der Waals surface area contributed by atoms with Gasteiger partial charge in [0.25, 0.3) is 0 Å². The Morgan fingerprint density at radius 3 is 2.56 bits per heavy atom. The number of ether oxygens (including phenoxy) is 2. The molecule has 2 aromatic carbocycles. The maximum absolute atomic E-state index is 12.2. The van der Waals surface area contributed by atoms with Crippen molar-refractivity contribution < 1.29 is 14.3 Å². The normalized spacial score (nSPS) is 17.0. The lowest BCUT2D eigenvalue weighted by Gasteiger charge is -2.19. The molecule has 5 heteroatoms. The highest BCUT2D eigenvalue weighted by Crippen LogP contribution is 2.47. The van der Waals surface area contributed by atoms with Crippen LogP contribution in [0.3, 0.4) is 0 Å². The van der Waals surface area contributed by atoms with Crippen LogP contribution in [0.4, 0.5) is 0 Å². The molecule has 2 aromatic rings. The number of carbonyl (C=O) groups excluding carboxylic acids is 1. The van der Waals surface area contributed by atoms with Crippen LogP contribution in [0.15, 0.2) is 53.4 Å². The summed E-state index contributed by atoms with van der Waals surface area (Å²) in [5, 5.41) is 3.10. The van der Waals surface area contributed by atoms with Gasteiger partial charge in [0.1, 0.15) is 13.2 Å². The highest BCUT2D eigenvalue weighted by molar-refractivity contribution is 8.00. The first-order valence-corrected chi connectivity index (χ1v) is 9.58. The van der Waals surface area contributed by atoms with Gasteiger partial charge in [-0.25, -0.2) is 0 Å². The zero-order valence-corrected chi connectivity index (χ0v) is 14.8. The number of thioether (sulfide) groups is 1. The van der Waals surface area contributed by atoms with E-state index in [0.29, 0.717) is 19.0 Å². The number of amides is 1. The van der Waals surface area contributed by atoms with Gasteiger partial charge < -0.3 is 14.8 Å². The Hall–Kier alpha value is -2.14. The highest BCUT2D eigenvalue weighted by Gasteiger charge is 2.44. The molecule has 25 heavy (non-hydrogen) atoms. The molecule has 1 fully saturated rings. The zero-order valence-electron chi connectivity index (χ0n) is 14.0. The summed E-state index contributed by atoms with van der Waals surface area (Å²) in [6, 6.07) is 16.3. The smallest absolute Gasteiger partial charge is 0.230 e. The van der Waals surface area contributed by atoms with Gasteiger partial charge in [0.2, 0.25) is 5.91 Å². The molecule has 1 amide bonds. The molecule has 1 heterocycles. The lowest BCUT2D eigenvalue weighted by atomic mass is 9.96. The molecule has 1 aliphatic heterocycles. The second-order valence-electron chi connectivity index (χ2n) is 6.52. The summed E-state index contributed by atoms with van der Waals surface area (Å²) in [4.78, 5) is 13.2. The number of hydrogen-bond acceptors (Lipinski definition) is 4. The molecule has 1 saturated carbocycles. The molecule has 0 saturated heterocycles. The monoisotopic (exact) mass is 355 g/mol. The van der Waals surface area contributed by atoms with Crippen molar-refractivity contribution in [3.05, 3.63) is 54.1 Å². The molecule has 4 rings (SSSR count). The molecule has 0 atom stereocenters. The summed E-state index contributed by atoms with van der Waals surface area (Å²) in [6.45, 7) is 1.88. The molecule has 0 radical (unpaired) electrons. The van der Waals surface area contributed by atoms with Crippen molar-refractivity contribution >= 4 is 17.7 Å². The minimum absolute atomic E-state index is 0.0714. The lowest BCUT2D eigenvalue weighted by Crippen LogP contribution is -2.33. The number of benzene rings is 2. The predicted octanol–water partition coefficient (Wildman–Crippen LogP) is 3.40. The van der Waals surface area contributed by atoms with Crippen molar-refractivity contribution in [2.75, 3.05) is 25.5 Å². The van der Waals surface area contributed by atoms with Crippen LogP contribution in [0.5, 0.6) is 11.5 Å². The number of nitrogens with one attached hydrogen (secondary N) is 1. The van der Waals surface area contributed by atoms with E-state index in [2.05, 4.69) is 29.6 Å². The van der Waals surface area contributed by atoms with Crippen LogP contribution in [0, 0.1) is 0 Å². The van der Waals surface area contributed by atoms with E-state index in [1.807, 2.05) is 24.3 Å². The Labute approximate surface area is 151 Å². The van der Waals surface area contributed by atoms with Crippen molar-refractivity contribution in [1.29, 1.82) is 0 Å². The standard InChI is InChI=1S/C20H21NO3S/c22-19(21-14-20(8-9-20)15-4-2-1-3-5-15)13-25-16-6-7-17-18(12-16)24-11-10-23-17/h1-7,12H,8-11,13-14H2,(H,21,22). The third-order valence-corrected chi connectivity index (χ3v) is 5.74. The van der Waals surface area contributed by atoms with Crippen LogP contribution in [0.25, 0.3) is 0 Å². The SMILES string of the molecule is O=C(CSc1ccc2c(c1)OCCO2)NCC1(c2ccccc2)CC1. The second-order valence-corrected chi connectivity index (χ2v) is 7.57. The van der Waals surface area contributed by atoms with Gasteiger partial charge in [-0.05, 0) is 36.6 Å². The van der Waals surface area contributed by atoms with Gasteiger partial charge in [0.05, 0.1) is 5.75 Å². The van der Waals surface area contributed by atoms with Gasteiger partial charge in [0.15, 0.2) is 11.5 Å². The Bertz CT molecular complexity index is 759. The van der Waals surface area contributed by atoms with E-state index in [0.717, 1.165) is 35.8 Å². The first kappa shape index (κ1) is 16.3. The van der Waals surface area contributed by atoms with Crippen LogP contribution in [-0.4, -0.2) is 31.4 Å². The second kappa shape index (κ2) is 7.00. The quantitative estimate of drug-likeness (QED) is 0.807. The highest BCUT2D eigenvalue weighted by atomic mass is 32.2. The Balaban J connectivity index is 1.28. The van der Waals surface area contributed by atoms with Gasteiger partial charge >= 0.3 is 0 Å². The Kier molecular flexibility index (Phi) is 4.57. The van der Waals surface area contributed by atoms with E-state index in [9.17, 15) is 4.79 Å². The fourth-order valence-electron chi connectivity index (χ4n) is 3.09. The summed E-state index contributed by atoms with van der Waals surface area (Å²) in [6.07, 6.45) is 2.29. The number of rotatable bonds is 6. The van der Waals surface area contributed by atoms with Crippen LogP contribution in [-0.2, 0) is 10.2 Å². The zero-order chi connectivity index (χ0) is 17.1. The van der Waals surface area contributed by atoms with Crippen molar-refractivity contribution in [3.63, 3.8) is 0 Å². The van der Waals surface area contributed by atoms with Crippen molar-refractivity contribution in [2.24, 2.45) is 0 Å². The summed E-state index contributed by atoms with van der Waals surface area (Å²) >= 11 is 1.52. The third kappa shape index (κ3) is 3.76. The summed E-state index contributed by atoms with van der Waals surface area (Å²) < 4.78 is 11.1. The molecule has 2 aliphatic rings. The molecular weight excluding hydrogens is 334 g/mol. The Morgan fingerprint density at radius 2 is 1.80 bits per heavy atom. The molecule has 0 aromatic heterocycles. The summed E-state index contributed by atoms with van der Waals surface area (Å²) in [5.74, 6) is 2.02. The fraction of sp³-hybridized carbons (Fsp3) is 0.350. The molecule has 1 aliphatic carbocycles. The van der Waals surface area contributed by atoms with Gasteiger partial charge in [-0.3, -0.25) is 4.79 Å². The molecule has 0 spiro atoms. The minimum Gasteiger partial charge on any atom is -0.486 e. The maximum Gasteiger partial charge on any atom is 0.230 e. The Morgan fingerprint density at radius 1 is 1.04 bits per heavy atom. The van der Waals surface area contributed by atoms with Crippen LogP contribution in [0.1, 0.15) is 18.4 Å². The predicted molar refractivity (Wildman–Crippen MR) is 98.5 cm³/mol. The molecule has 0 unspecified atom stereocenters. The summed E-state index contributed by atoms with van der Waals surface area (Å²) in [7, 11) is 0. The summed E-state index contributed by atoms with van der Waals surface area (Å²) in [5.41, 5.74) is 1.48. The van der Waals surface area contributed by atoms with Gasteiger partial charge in [-0.15, -0.1) is 11.8 Å². The molecular formula is C20H21NO3S. The number of carbonyl (C=O) groups is 1. The van der Waals surface area contributed by atoms with E-state index in [1.165, 1.54) is 17.3 Å². The van der Waals surface area contributed by atoms with Gasteiger partial charge in [0, 0.05) is 16.9 Å². The fourth-order valence-corrected chi connectivity index (χ4v) is 3.85. The van der Waals surface area contributed by atoms with E-state index in [1.54, 1.807) is 0 Å². The number of fused-ring (bicyclic) bond motifs is 1. The molecule has 4 nitrogen and oxygen atoms in total. The third-order valence-electron chi connectivity index (χ3n) is 4.75. The lowest BCUT2D eigenvalue weighted by molar-refractivity contribution is -0.118. The minimum atomic E-state index is 0.0714. The van der Waals surface area contributed by atoms with Crippen molar-refractivity contribution in [2.45, 2.75) is 23.2 Å². The average Bonchev–Trinajstić information content (AvgIpc) is 3.46. The topological polar surface area (TPSA) is 47.6 Å². The molecule has 130 valence electrons. The molecule has 0 bridgehead atoms. The van der Waals surface area contributed by atoms with E-state index < -0.39 is 0 Å². The van der Waals surface area contributed by atoms with Crippen LogP contribution < -0.4 is 14.8 Å². The largest absolute Gasteiger partial charge is 0.486 e. The van der Waals surface area contributed by atoms with E-state index in [4.69, 9.17) is 9.47 Å². The number of hydrogen-bond donors (Lipinski definition) is 1. The van der Waals surface area contributed by atoms with E-state index >= 15 is 0 Å². The first-order valence-electron chi connectivity index (χ1n) is 8.60. The van der Waals surface area contributed by atoms with Crippen molar-refractivity contribution in [1.82, 2.24) is 5.32 Å². The van der Waals surface area contributed by atoms with Gasteiger partial charge in [-0.2, -0.15) is 0 Å². The first-order chi connectivity index (χ1) is 12.3. The maximum atomic E-state index is 12.2. The van der Waals surface area contributed by atoms with E-state index in [-0.39, 0.29) is 11.3 Å². The average molecular weight is 355 g/mol. The van der Waals surface area contributed by atoms with Crippen LogP contribution in [0.2, 0.25) is 0 Å². The van der Waals surface area contributed by atoms with Crippen LogP contribution >= 0.6 is 11.8 Å². The van der Waals surface area contributed by atoms with Gasteiger partial charge in [-0.1, -0.05) is 30.3 Å². The van der Waals surface area contributed by atoms with Crippen molar-refractivity contribution in [3.8, 4) is 11.5 Å².